The van der Waals surface area contributed by atoms with E-state index in [0.29, 0.717) is 47.5 Å². The average molecular weight is 675 g/mol. The number of anilines is 2. The molecular weight excluding hydrogens is 650 g/mol. The monoisotopic (exact) mass is 674 g/mol. The first kappa shape index (κ1) is 35.7. The quantitative estimate of drug-likeness (QED) is 0.112. The van der Waals surface area contributed by atoms with Crippen molar-refractivity contribution < 1.29 is 45.5 Å². The number of halogens is 6. The Balaban J connectivity index is 1.95. The number of rotatable bonds is 8. The summed E-state index contributed by atoms with van der Waals surface area (Å²) in [5.74, 6) is 2.53. The first-order chi connectivity index (χ1) is 23.0. The Bertz CT molecular complexity index is 1870. The lowest BCUT2D eigenvalue weighted by molar-refractivity contribution is -0.288. The van der Waals surface area contributed by atoms with Crippen molar-refractivity contribution in [1.29, 1.82) is 0 Å². The van der Waals surface area contributed by atoms with Crippen LogP contribution in [-0.4, -0.2) is 50.8 Å². The van der Waals surface area contributed by atoms with Gasteiger partial charge in [-0.05, 0) is 71.8 Å². The fraction of sp³-hybridized carbons (Fsp3) is 0.135. The molecule has 2 amide bonds. The van der Waals surface area contributed by atoms with E-state index in [0.717, 1.165) is 9.80 Å². The van der Waals surface area contributed by atoms with Crippen LogP contribution in [-0.2, 0) is 5.41 Å². The summed E-state index contributed by atoms with van der Waals surface area (Å²) in [7, 11) is 2.42. The molecule has 0 fully saturated rings. The van der Waals surface area contributed by atoms with Gasteiger partial charge >= 0.3 is 12.4 Å². The zero-order chi connectivity index (χ0) is 36.3. The molecule has 4 aromatic carbocycles. The molecule has 6 nitrogen and oxygen atoms in total. The van der Waals surface area contributed by atoms with Crippen LogP contribution in [0.15, 0.2) is 84.9 Å². The second-order valence-corrected chi connectivity index (χ2v) is 10.7. The van der Waals surface area contributed by atoms with Crippen LogP contribution in [0, 0.1) is 24.7 Å². The number of nitrogens with zero attached hydrogens (tertiary/aromatic N) is 2. The molecule has 12 heteroatoms. The third kappa shape index (κ3) is 6.41. The normalized spacial score (nSPS) is 11.6. The second kappa shape index (κ2) is 13.5. The van der Waals surface area contributed by atoms with Gasteiger partial charge in [0.25, 0.3) is 11.8 Å². The van der Waals surface area contributed by atoms with E-state index in [1.54, 1.807) is 0 Å². The van der Waals surface area contributed by atoms with Crippen molar-refractivity contribution in [3.8, 4) is 24.7 Å². The molecule has 0 heterocycles. The zero-order valence-corrected chi connectivity index (χ0v) is 25.7. The molecule has 0 radical (unpaired) electrons. The fourth-order valence-corrected chi connectivity index (χ4v) is 5.30. The van der Waals surface area contributed by atoms with E-state index in [1.165, 1.54) is 62.6 Å². The first-order valence-corrected chi connectivity index (χ1v) is 14.1. The minimum Gasteiger partial charge on any atom is -0.311 e. The van der Waals surface area contributed by atoms with Crippen molar-refractivity contribution in [2.45, 2.75) is 17.8 Å². The lowest BCUT2D eigenvalue weighted by Gasteiger charge is -2.39. The summed E-state index contributed by atoms with van der Waals surface area (Å²) in [6.45, 7) is 0. The average Bonchev–Trinajstić information content (AvgIpc) is 3.09. The molecule has 0 saturated heterocycles. The molecule has 0 aliphatic heterocycles. The Morgan fingerprint density at radius 3 is 1.18 bits per heavy atom. The highest BCUT2D eigenvalue weighted by Gasteiger charge is 2.72. The van der Waals surface area contributed by atoms with Crippen LogP contribution < -0.4 is 9.80 Å². The molecule has 0 N–H and O–H groups in total. The number of carbonyl (C=O) groups excluding carboxylic acids is 4. The Labute approximate surface area is 277 Å². The van der Waals surface area contributed by atoms with E-state index >= 15 is 26.3 Å². The van der Waals surface area contributed by atoms with Gasteiger partial charge in [0.15, 0.2) is 12.6 Å². The van der Waals surface area contributed by atoms with Crippen LogP contribution in [0.2, 0.25) is 0 Å². The summed E-state index contributed by atoms with van der Waals surface area (Å²) >= 11 is 0. The maximum Gasteiger partial charge on any atom is 0.411 e. The number of hydrogen-bond donors (Lipinski definition) is 0. The molecule has 0 aliphatic carbocycles. The number of aldehydes is 2. The highest BCUT2D eigenvalue weighted by atomic mass is 19.4. The van der Waals surface area contributed by atoms with Gasteiger partial charge in [0.05, 0.1) is 11.1 Å². The summed E-state index contributed by atoms with van der Waals surface area (Å²) in [6.07, 6.45) is -1.35. The molecule has 0 aromatic heterocycles. The van der Waals surface area contributed by atoms with Gasteiger partial charge in [0, 0.05) is 47.7 Å². The summed E-state index contributed by atoms with van der Waals surface area (Å²) in [4.78, 5) is 52.7. The van der Waals surface area contributed by atoms with Crippen molar-refractivity contribution in [3.05, 3.63) is 129 Å². The number of amides is 2. The summed E-state index contributed by atoms with van der Waals surface area (Å²) < 4.78 is 91.1. The highest BCUT2D eigenvalue weighted by molar-refractivity contribution is 6.11. The van der Waals surface area contributed by atoms with E-state index in [2.05, 4.69) is 11.8 Å². The molecule has 0 aliphatic rings. The van der Waals surface area contributed by atoms with Gasteiger partial charge in [-0.15, -0.1) is 12.8 Å². The molecule has 4 aromatic rings. The highest BCUT2D eigenvalue weighted by Crippen LogP contribution is 2.56. The molecule has 0 unspecified atom stereocenters. The van der Waals surface area contributed by atoms with Crippen LogP contribution in [0.1, 0.15) is 63.7 Å². The lowest BCUT2D eigenvalue weighted by atomic mass is 9.71. The van der Waals surface area contributed by atoms with E-state index in [9.17, 15) is 19.2 Å². The van der Waals surface area contributed by atoms with Gasteiger partial charge in [0.2, 0.25) is 5.41 Å². The van der Waals surface area contributed by atoms with Crippen LogP contribution in [0.5, 0.6) is 0 Å². The third-order valence-electron chi connectivity index (χ3n) is 7.99. The van der Waals surface area contributed by atoms with Crippen molar-refractivity contribution in [2.75, 3.05) is 23.9 Å². The molecule has 0 atom stereocenters. The second-order valence-electron chi connectivity index (χ2n) is 10.7. The minimum atomic E-state index is -6.13. The van der Waals surface area contributed by atoms with Gasteiger partial charge < -0.3 is 9.80 Å². The fourth-order valence-electron chi connectivity index (χ4n) is 5.30. The number of alkyl halides is 6. The molecule has 0 spiro atoms. The standard InChI is InChI=1S/C37H24F6N2O4/c1-5-23-7-15-29(16-8-23)44(3)33(48)31-19-27(13-11-25(31)21-46)35(36(38,39)40,37(41,42)43)28-14-12-26(22-47)32(20-28)34(49)45(4)30-17-9-24(6-2)10-18-30/h1-2,7-22H,3-4H3. The third-order valence-corrected chi connectivity index (χ3v) is 7.99. The number of benzene rings is 4. The first-order valence-electron chi connectivity index (χ1n) is 14.1. The minimum absolute atomic E-state index is 0.122. The Hall–Kier alpha value is -6.14. The van der Waals surface area contributed by atoms with E-state index < -0.39 is 63.0 Å². The number of carbonyl (C=O) groups is 4. The van der Waals surface area contributed by atoms with Crippen LogP contribution in [0.3, 0.4) is 0 Å². The van der Waals surface area contributed by atoms with Crippen LogP contribution in [0.4, 0.5) is 37.7 Å². The maximum atomic E-state index is 15.2. The number of hydrogen-bond acceptors (Lipinski definition) is 4. The predicted octanol–water partition coefficient (Wildman–Crippen LogP) is 7.24. The lowest BCUT2D eigenvalue weighted by Crippen LogP contribution is -2.55. The van der Waals surface area contributed by atoms with Gasteiger partial charge in [-0.1, -0.05) is 36.1 Å². The SMILES string of the molecule is C#Cc1ccc(N(C)C(=O)c2cc(C(c3ccc(C=O)c(C(=O)N(C)c4ccc(C#C)cc4)c3)(C(F)(F)F)C(F)(F)F)ccc2C=O)cc1. The predicted molar refractivity (Wildman–Crippen MR) is 171 cm³/mol. The Morgan fingerprint density at radius 2 is 0.918 bits per heavy atom. The summed E-state index contributed by atoms with van der Waals surface area (Å²) in [5.41, 5.74) is -9.03. The zero-order valence-electron chi connectivity index (χ0n) is 25.7. The maximum absolute atomic E-state index is 15.2. The van der Waals surface area contributed by atoms with E-state index in [1.807, 2.05) is 0 Å². The molecule has 49 heavy (non-hydrogen) atoms. The molecule has 0 saturated carbocycles. The van der Waals surface area contributed by atoms with E-state index in [4.69, 9.17) is 12.8 Å². The van der Waals surface area contributed by atoms with E-state index in [-0.39, 0.29) is 23.9 Å². The molecule has 0 bridgehead atoms. The summed E-state index contributed by atoms with van der Waals surface area (Å²) in [5, 5.41) is 0. The Morgan fingerprint density at radius 1 is 0.592 bits per heavy atom. The van der Waals surface area contributed by atoms with Gasteiger partial charge in [0.1, 0.15) is 0 Å². The summed E-state index contributed by atoms with van der Waals surface area (Å²) in [6, 6.07) is 14.4. The van der Waals surface area contributed by atoms with Crippen molar-refractivity contribution in [2.24, 2.45) is 0 Å². The van der Waals surface area contributed by atoms with Crippen molar-refractivity contribution in [3.63, 3.8) is 0 Å². The van der Waals surface area contributed by atoms with Gasteiger partial charge in [-0.25, -0.2) is 0 Å². The smallest absolute Gasteiger partial charge is 0.311 e. The largest absolute Gasteiger partial charge is 0.411 e. The van der Waals surface area contributed by atoms with Crippen molar-refractivity contribution >= 4 is 35.8 Å². The molecule has 4 rings (SSSR count). The molecule has 248 valence electrons. The van der Waals surface area contributed by atoms with Gasteiger partial charge in [-0.2, -0.15) is 26.3 Å². The molecular formula is C37H24F6N2O4. The number of terminal acetylenes is 2. The van der Waals surface area contributed by atoms with Crippen LogP contribution in [0.25, 0.3) is 0 Å². The Kier molecular flexibility index (Phi) is 9.86. The van der Waals surface area contributed by atoms with Crippen molar-refractivity contribution in [1.82, 2.24) is 0 Å². The van der Waals surface area contributed by atoms with Crippen LogP contribution >= 0.6 is 0 Å². The topological polar surface area (TPSA) is 74.8 Å². The van der Waals surface area contributed by atoms with Gasteiger partial charge in [-0.3, -0.25) is 19.2 Å².